The number of ether oxygens (including phenoxy) is 1. The number of aliphatic imine (C=N–C) groups is 1. The predicted octanol–water partition coefficient (Wildman–Crippen LogP) is 2.84. The van der Waals surface area contributed by atoms with Gasteiger partial charge >= 0.3 is 0 Å². The molecule has 2 aliphatic rings. The lowest BCUT2D eigenvalue weighted by Gasteiger charge is -2.19. The van der Waals surface area contributed by atoms with E-state index in [1.807, 2.05) is 12.1 Å². The van der Waals surface area contributed by atoms with Gasteiger partial charge in [0.05, 0.1) is 0 Å². The minimum atomic E-state index is -0.104. The van der Waals surface area contributed by atoms with Gasteiger partial charge in [-0.1, -0.05) is 18.2 Å². The molecule has 0 atom stereocenters. The van der Waals surface area contributed by atoms with Crippen molar-refractivity contribution < 1.29 is 9.13 Å². The van der Waals surface area contributed by atoms with Gasteiger partial charge in [-0.15, -0.1) is 0 Å². The average molecular weight is 333 g/mol. The van der Waals surface area contributed by atoms with Gasteiger partial charge in [-0.25, -0.2) is 4.39 Å². The van der Waals surface area contributed by atoms with Gasteiger partial charge in [-0.3, -0.25) is 4.99 Å². The molecule has 1 aromatic rings. The monoisotopic (exact) mass is 333 g/mol. The van der Waals surface area contributed by atoms with Gasteiger partial charge < -0.3 is 15.4 Å². The summed E-state index contributed by atoms with van der Waals surface area (Å²) in [6.07, 6.45) is 5.67. The maximum absolute atomic E-state index is 14.0. The van der Waals surface area contributed by atoms with Crippen LogP contribution in [0.1, 0.15) is 37.7 Å². The van der Waals surface area contributed by atoms with Gasteiger partial charge in [0.15, 0.2) is 5.96 Å². The second kappa shape index (κ2) is 7.97. The Kier molecular flexibility index (Phi) is 5.72. The maximum atomic E-state index is 14.0. The summed E-state index contributed by atoms with van der Waals surface area (Å²) in [6.45, 7) is 3.25. The molecule has 2 N–H and O–H groups in total. The van der Waals surface area contributed by atoms with Crippen molar-refractivity contribution >= 4 is 5.96 Å². The van der Waals surface area contributed by atoms with Crippen molar-refractivity contribution in [3.05, 3.63) is 35.6 Å². The Bertz CT molecular complexity index is 567. The lowest BCUT2D eigenvalue weighted by molar-refractivity contribution is 0.123. The quantitative estimate of drug-likeness (QED) is 0.415. The molecule has 2 aliphatic carbocycles. The molecule has 0 aliphatic heterocycles. The van der Waals surface area contributed by atoms with Crippen molar-refractivity contribution in [3.8, 4) is 0 Å². The third-order valence-corrected chi connectivity index (χ3v) is 4.92. The highest BCUT2D eigenvalue weighted by molar-refractivity contribution is 5.79. The number of nitrogens with zero attached hydrogens (tertiary/aromatic N) is 1. The largest absolute Gasteiger partial charge is 0.381 e. The molecule has 0 heterocycles. The first-order valence-corrected chi connectivity index (χ1v) is 9.01. The molecule has 0 amide bonds. The fraction of sp³-hybridized carbons (Fsp3) is 0.632. The molecule has 0 spiro atoms. The van der Waals surface area contributed by atoms with Crippen LogP contribution < -0.4 is 10.6 Å². The van der Waals surface area contributed by atoms with E-state index in [4.69, 9.17) is 4.74 Å². The van der Waals surface area contributed by atoms with Crippen molar-refractivity contribution in [2.24, 2.45) is 10.9 Å². The van der Waals surface area contributed by atoms with E-state index >= 15 is 0 Å². The predicted molar refractivity (Wildman–Crippen MR) is 94.8 cm³/mol. The number of rotatable bonds is 9. The van der Waals surface area contributed by atoms with E-state index in [-0.39, 0.29) is 11.2 Å². The summed E-state index contributed by atoms with van der Waals surface area (Å²) in [6, 6.07) is 7.10. The minimum absolute atomic E-state index is 0.0731. The summed E-state index contributed by atoms with van der Waals surface area (Å²) in [5.74, 6) is 1.49. The molecule has 3 rings (SSSR count). The van der Waals surface area contributed by atoms with Gasteiger partial charge in [-0.05, 0) is 49.7 Å². The fourth-order valence-corrected chi connectivity index (χ4v) is 2.97. The molecule has 24 heavy (non-hydrogen) atoms. The molecule has 2 saturated carbocycles. The Labute approximate surface area is 143 Å². The van der Waals surface area contributed by atoms with Crippen molar-refractivity contribution in [2.45, 2.75) is 37.5 Å². The van der Waals surface area contributed by atoms with E-state index in [2.05, 4.69) is 15.6 Å². The summed E-state index contributed by atoms with van der Waals surface area (Å²) >= 11 is 0. The zero-order valence-corrected chi connectivity index (χ0v) is 14.5. The summed E-state index contributed by atoms with van der Waals surface area (Å²) in [7, 11) is 1.77. The lowest BCUT2D eigenvalue weighted by Crippen LogP contribution is -2.41. The van der Waals surface area contributed by atoms with Crippen LogP contribution >= 0.6 is 0 Å². The van der Waals surface area contributed by atoms with Crippen LogP contribution in [-0.4, -0.2) is 39.3 Å². The molecular formula is C19H28FN3O. The lowest BCUT2D eigenvalue weighted by atomic mass is 9.95. The molecule has 0 unspecified atom stereocenters. The van der Waals surface area contributed by atoms with E-state index in [9.17, 15) is 4.39 Å². The van der Waals surface area contributed by atoms with E-state index in [0.717, 1.165) is 56.5 Å². The van der Waals surface area contributed by atoms with E-state index in [0.29, 0.717) is 6.54 Å². The van der Waals surface area contributed by atoms with Crippen LogP contribution in [0.25, 0.3) is 0 Å². The maximum Gasteiger partial charge on any atom is 0.191 e. The van der Waals surface area contributed by atoms with Crippen LogP contribution in [0.4, 0.5) is 4.39 Å². The van der Waals surface area contributed by atoms with Crippen LogP contribution in [-0.2, 0) is 10.2 Å². The summed E-state index contributed by atoms with van der Waals surface area (Å²) in [4.78, 5) is 4.25. The summed E-state index contributed by atoms with van der Waals surface area (Å²) in [5.41, 5.74) is 0.748. The number of benzene rings is 1. The molecule has 1 aromatic carbocycles. The molecule has 0 aromatic heterocycles. The Balaban J connectivity index is 1.37. The first-order chi connectivity index (χ1) is 11.7. The average Bonchev–Trinajstić information content (AvgIpc) is 3.50. The molecule has 0 bridgehead atoms. The number of hydrogen-bond donors (Lipinski definition) is 2. The number of nitrogens with one attached hydrogen (secondary N) is 2. The third kappa shape index (κ3) is 4.69. The van der Waals surface area contributed by atoms with E-state index < -0.39 is 0 Å². The van der Waals surface area contributed by atoms with E-state index in [1.54, 1.807) is 19.2 Å². The molecule has 2 fully saturated rings. The van der Waals surface area contributed by atoms with Gasteiger partial charge in [0.25, 0.3) is 0 Å². The topological polar surface area (TPSA) is 45.7 Å². The molecule has 0 saturated heterocycles. The Morgan fingerprint density at radius 3 is 2.75 bits per heavy atom. The molecule has 4 nitrogen and oxygen atoms in total. The Morgan fingerprint density at radius 2 is 2.08 bits per heavy atom. The summed E-state index contributed by atoms with van der Waals surface area (Å²) in [5, 5.41) is 6.65. The standard InChI is InChI=1S/C19H28FN3O/c1-21-18(22-11-4-12-24-13-15-7-8-15)23-14-19(9-10-19)16-5-2-3-6-17(16)20/h2-3,5-6,15H,4,7-14H2,1H3,(H2,21,22,23). The van der Waals surface area contributed by atoms with Crippen LogP contribution in [0.2, 0.25) is 0 Å². The Morgan fingerprint density at radius 1 is 1.29 bits per heavy atom. The second-order valence-corrected chi connectivity index (χ2v) is 6.98. The smallest absolute Gasteiger partial charge is 0.191 e. The molecular weight excluding hydrogens is 305 g/mol. The highest BCUT2D eigenvalue weighted by Gasteiger charge is 2.45. The van der Waals surface area contributed by atoms with Gasteiger partial charge in [0.1, 0.15) is 5.82 Å². The van der Waals surface area contributed by atoms with Crippen LogP contribution in [0.3, 0.4) is 0 Å². The zero-order valence-electron chi connectivity index (χ0n) is 14.5. The first-order valence-electron chi connectivity index (χ1n) is 9.01. The molecule has 0 radical (unpaired) electrons. The number of hydrogen-bond acceptors (Lipinski definition) is 2. The fourth-order valence-electron chi connectivity index (χ4n) is 2.97. The van der Waals surface area contributed by atoms with Crippen LogP contribution in [0.5, 0.6) is 0 Å². The normalized spacial score (nSPS) is 19.2. The van der Waals surface area contributed by atoms with Gasteiger partial charge in [0.2, 0.25) is 0 Å². The minimum Gasteiger partial charge on any atom is -0.381 e. The van der Waals surface area contributed by atoms with Crippen LogP contribution in [0, 0.1) is 11.7 Å². The van der Waals surface area contributed by atoms with Crippen molar-refractivity contribution in [3.63, 3.8) is 0 Å². The second-order valence-electron chi connectivity index (χ2n) is 6.98. The van der Waals surface area contributed by atoms with E-state index in [1.165, 1.54) is 12.8 Å². The van der Waals surface area contributed by atoms with Crippen molar-refractivity contribution in [1.29, 1.82) is 0 Å². The van der Waals surface area contributed by atoms with Gasteiger partial charge in [0, 0.05) is 38.8 Å². The molecule has 5 heteroatoms. The van der Waals surface area contributed by atoms with Gasteiger partial charge in [-0.2, -0.15) is 0 Å². The Hall–Kier alpha value is -1.62. The number of guanidine groups is 1. The highest BCUT2D eigenvalue weighted by atomic mass is 19.1. The zero-order chi connectivity index (χ0) is 16.8. The van der Waals surface area contributed by atoms with Crippen molar-refractivity contribution in [1.82, 2.24) is 10.6 Å². The SMILES string of the molecule is CN=C(NCCCOCC1CC1)NCC1(c2ccccc2F)CC1. The van der Waals surface area contributed by atoms with Crippen LogP contribution in [0.15, 0.2) is 29.3 Å². The van der Waals surface area contributed by atoms with Crippen molar-refractivity contribution in [2.75, 3.05) is 33.4 Å². The third-order valence-electron chi connectivity index (χ3n) is 4.92. The highest BCUT2D eigenvalue weighted by Crippen LogP contribution is 2.48. The summed E-state index contributed by atoms with van der Waals surface area (Å²) < 4.78 is 19.7. The first kappa shape index (κ1) is 17.2. The molecule has 132 valence electrons. The number of halogens is 1.